The van der Waals surface area contributed by atoms with Crippen LogP contribution in [0.5, 0.6) is 0 Å². The molecule has 25 heavy (non-hydrogen) atoms. The van der Waals surface area contributed by atoms with Crippen LogP contribution in [0.2, 0.25) is 0 Å². The van der Waals surface area contributed by atoms with Crippen molar-refractivity contribution in [3.8, 4) is 29.2 Å². The van der Waals surface area contributed by atoms with Gasteiger partial charge in [0.05, 0.1) is 11.3 Å². The van der Waals surface area contributed by atoms with Crippen LogP contribution in [-0.4, -0.2) is 15.6 Å². The summed E-state index contributed by atoms with van der Waals surface area (Å²) in [6, 6.07) is 15.4. The van der Waals surface area contributed by atoms with Gasteiger partial charge in [0, 0.05) is 17.0 Å². The predicted molar refractivity (Wildman–Crippen MR) is 100 cm³/mol. The van der Waals surface area contributed by atoms with Crippen molar-refractivity contribution in [1.29, 1.82) is 0 Å². The predicted octanol–water partition coefficient (Wildman–Crippen LogP) is 4.75. The third-order valence-electron chi connectivity index (χ3n) is 4.38. The lowest BCUT2D eigenvalue weighted by Gasteiger charge is -2.14. The Kier molecular flexibility index (Phi) is 4.21. The number of carboxylic acids is 1. The maximum absolute atomic E-state index is 11.3. The summed E-state index contributed by atoms with van der Waals surface area (Å²) in [7, 11) is 0. The number of rotatable bonds is 2. The summed E-state index contributed by atoms with van der Waals surface area (Å²) in [6.45, 7) is 5.99. The number of hydrogen-bond acceptors (Lipinski definition) is 1. The Bertz CT molecular complexity index is 999. The molecule has 0 radical (unpaired) electrons. The molecule has 2 aromatic rings. The van der Waals surface area contributed by atoms with Crippen LogP contribution in [-0.2, 0) is 0 Å². The number of nitrogens with zero attached hydrogens (tertiary/aromatic N) is 1. The van der Waals surface area contributed by atoms with Crippen LogP contribution in [0.1, 0.15) is 32.9 Å². The van der Waals surface area contributed by atoms with Gasteiger partial charge in [-0.2, -0.15) is 0 Å². The lowest BCUT2D eigenvalue weighted by atomic mass is 10.1. The van der Waals surface area contributed by atoms with Crippen LogP contribution < -0.4 is 0 Å². The summed E-state index contributed by atoms with van der Waals surface area (Å²) in [5, 5.41) is 9.28. The molecule has 2 aliphatic carbocycles. The van der Waals surface area contributed by atoms with E-state index in [-0.39, 0.29) is 5.56 Å². The highest BCUT2D eigenvalue weighted by Gasteiger charge is 2.17. The van der Waals surface area contributed by atoms with E-state index in [2.05, 4.69) is 31.0 Å². The molecular formula is C22H19NO2. The molecule has 1 aromatic heterocycles. The van der Waals surface area contributed by atoms with Gasteiger partial charge < -0.3 is 9.67 Å². The first-order valence-corrected chi connectivity index (χ1v) is 8.03. The van der Waals surface area contributed by atoms with E-state index < -0.39 is 5.97 Å². The normalized spacial score (nSPS) is 10.5. The summed E-state index contributed by atoms with van der Waals surface area (Å²) < 4.78 is 1.87. The van der Waals surface area contributed by atoms with E-state index in [1.54, 1.807) is 18.2 Å². The molecule has 0 saturated heterocycles. The van der Waals surface area contributed by atoms with Crippen LogP contribution >= 0.6 is 0 Å². The van der Waals surface area contributed by atoms with Crippen molar-refractivity contribution < 1.29 is 9.90 Å². The number of hydrogen-bond donors (Lipinski definition) is 1. The van der Waals surface area contributed by atoms with Crippen molar-refractivity contribution in [3.63, 3.8) is 0 Å². The van der Waals surface area contributed by atoms with E-state index in [0.29, 0.717) is 11.3 Å². The Morgan fingerprint density at radius 2 is 1.72 bits per heavy atom. The molecule has 3 heteroatoms. The molecule has 1 N–H and O–H groups in total. The zero-order chi connectivity index (χ0) is 18.1. The number of carbonyl (C=O) groups is 1. The molecule has 0 bridgehead atoms. The molecule has 1 aromatic carbocycles. The van der Waals surface area contributed by atoms with Crippen molar-refractivity contribution in [1.82, 2.24) is 4.57 Å². The van der Waals surface area contributed by atoms with Crippen LogP contribution in [0, 0.1) is 33.1 Å². The lowest BCUT2D eigenvalue weighted by Crippen LogP contribution is -2.09. The number of benzene rings is 2. The van der Waals surface area contributed by atoms with Crippen LogP contribution in [0.25, 0.3) is 16.8 Å². The molecule has 0 aliphatic heterocycles. The fraction of sp³-hybridized carbons (Fsp3) is 0.136. The van der Waals surface area contributed by atoms with Gasteiger partial charge in [-0.25, -0.2) is 4.79 Å². The second kappa shape index (κ2) is 6.33. The van der Waals surface area contributed by atoms with E-state index >= 15 is 0 Å². The van der Waals surface area contributed by atoms with E-state index in [9.17, 15) is 9.90 Å². The third kappa shape index (κ3) is 3.07. The van der Waals surface area contributed by atoms with E-state index in [4.69, 9.17) is 6.42 Å². The Hall–Kier alpha value is -3.25. The van der Waals surface area contributed by atoms with Crippen molar-refractivity contribution in [2.45, 2.75) is 20.8 Å². The number of fused-ring (bicyclic) bond motifs is 1. The molecule has 124 valence electrons. The number of aromatic nitrogens is 1. The molecule has 0 unspecified atom stereocenters. The third-order valence-corrected chi connectivity index (χ3v) is 4.38. The number of aromatic carboxylic acids is 1. The molecule has 4 rings (SSSR count). The van der Waals surface area contributed by atoms with Crippen molar-refractivity contribution in [3.05, 3.63) is 76.6 Å². The number of para-hydroxylation sites is 1. The zero-order valence-electron chi connectivity index (χ0n) is 14.5. The average molecular weight is 329 g/mol. The van der Waals surface area contributed by atoms with E-state index in [0.717, 1.165) is 11.4 Å². The van der Waals surface area contributed by atoms with Gasteiger partial charge in [0.1, 0.15) is 0 Å². The van der Waals surface area contributed by atoms with Gasteiger partial charge in [-0.15, -0.1) is 6.42 Å². The summed E-state index contributed by atoms with van der Waals surface area (Å²) in [4.78, 5) is 11.3. The Balaban J connectivity index is 0.000000213. The van der Waals surface area contributed by atoms with Crippen LogP contribution in [0.3, 0.4) is 0 Å². The number of carboxylic acid groups (broad SMARTS) is 1. The van der Waals surface area contributed by atoms with Gasteiger partial charge in [-0.05, 0) is 67.8 Å². The molecule has 0 saturated carbocycles. The molecule has 0 atom stereocenters. The van der Waals surface area contributed by atoms with Crippen LogP contribution in [0.15, 0.2) is 48.5 Å². The quantitative estimate of drug-likeness (QED) is 0.539. The van der Waals surface area contributed by atoms with Crippen molar-refractivity contribution in [2.24, 2.45) is 0 Å². The highest BCUT2D eigenvalue weighted by atomic mass is 16.4. The van der Waals surface area contributed by atoms with Gasteiger partial charge in [-0.1, -0.05) is 24.1 Å². The average Bonchev–Trinajstić information content (AvgIpc) is 3.20. The minimum atomic E-state index is -0.977. The van der Waals surface area contributed by atoms with Gasteiger partial charge >= 0.3 is 5.97 Å². The molecule has 0 fully saturated rings. The second-order valence-electron chi connectivity index (χ2n) is 6.13. The molecule has 0 amide bonds. The summed E-state index contributed by atoms with van der Waals surface area (Å²) in [5.74, 6) is 1.57. The van der Waals surface area contributed by atoms with Gasteiger partial charge in [0.15, 0.2) is 0 Å². The largest absolute Gasteiger partial charge is 0.478 e. The molecule has 3 nitrogen and oxygen atoms in total. The van der Waals surface area contributed by atoms with Gasteiger partial charge in [-0.3, -0.25) is 0 Å². The highest BCUT2D eigenvalue weighted by Crippen LogP contribution is 2.37. The number of aryl methyl sites for hydroxylation is 3. The molecular weight excluding hydrogens is 310 g/mol. The summed E-state index contributed by atoms with van der Waals surface area (Å²) in [6.07, 6.45) is 5.47. The van der Waals surface area contributed by atoms with Crippen LogP contribution in [0.4, 0.5) is 0 Å². The minimum Gasteiger partial charge on any atom is -0.478 e. The first kappa shape index (κ1) is 16.6. The van der Waals surface area contributed by atoms with Crippen molar-refractivity contribution in [2.75, 3.05) is 0 Å². The molecule has 2 aliphatic rings. The van der Waals surface area contributed by atoms with Crippen molar-refractivity contribution >= 4 is 5.97 Å². The highest BCUT2D eigenvalue weighted by molar-refractivity contribution is 5.93. The number of terminal acetylenes is 1. The Morgan fingerprint density at radius 1 is 1.04 bits per heavy atom. The fourth-order valence-corrected chi connectivity index (χ4v) is 3.00. The van der Waals surface area contributed by atoms with E-state index in [1.165, 1.54) is 16.7 Å². The Morgan fingerprint density at radius 3 is 2.12 bits per heavy atom. The minimum absolute atomic E-state index is 0.216. The topological polar surface area (TPSA) is 42.2 Å². The molecule has 1 heterocycles. The first-order chi connectivity index (χ1) is 11.9. The smallest absolute Gasteiger partial charge is 0.337 e. The maximum Gasteiger partial charge on any atom is 0.337 e. The van der Waals surface area contributed by atoms with Gasteiger partial charge in [0.2, 0.25) is 0 Å². The summed E-state index contributed by atoms with van der Waals surface area (Å²) in [5.41, 5.74) is 7.61. The molecule has 0 spiro atoms. The standard InChI is InChI=1S/C15H13NO2.C7H6/c1-4-12-6-5-7-13(15(17)18)14(12)16-10(2)8-9-11(16)3;1-5-2-3-6-4-7(5)6/h1,5-9H,2-3H3,(H,17,18);2-4H,1H3. The zero-order valence-corrected chi connectivity index (χ0v) is 14.5. The second-order valence-corrected chi connectivity index (χ2v) is 6.13. The van der Waals surface area contributed by atoms with Gasteiger partial charge in [0.25, 0.3) is 0 Å². The first-order valence-electron chi connectivity index (χ1n) is 8.03. The lowest BCUT2D eigenvalue weighted by molar-refractivity contribution is 0.0697. The fourth-order valence-electron chi connectivity index (χ4n) is 3.00. The maximum atomic E-state index is 11.3. The monoisotopic (exact) mass is 329 g/mol. The Labute approximate surface area is 147 Å². The SMILES string of the molecule is C#Cc1cccc(C(=O)O)c1-n1c(C)ccc1C.Cc1ccc2cc1-2. The summed E-state index contributed by atoms with van der Waals surface area (Å²) >= 11 is 0. The van der Waals surface area contributed by atoms with E-state index in [1.807, 2.05) is 30.5 Å².